The second-order valence-electron chi connectivity index (χ2n) is 4.84. The van der Waals surface area contributed by atoms with Gasteiger partial charge >= 0.3 is 6.18 Å². The second-order valence-corrected chi connectivity index (χ2v) is 4.84. The molecule has 1 nitrogen and oxygen atoms in total. The van der Waals surface area contributed by atoms with Crippen LogP contribution in [-0.4, -0.2) is 5.78 Å². The molecule has 0 bridgehead atoms. The number of halogens is 3. The Bertz CT molecular complexity index is 419. The Balaban J connectivity index is 3.11. The standard InChI is InChI=1S/C13H15F3O/c1-9(17)8-12(2,3)10-5-4-6-11(7-10)13(14,15)16/h4-7H,8H2,1-3H3. The summed E-state index contributed by atoms with van der Waals surface area (Å²) in [5, 5.41) is 0. The van der Waals surface area contributed by atoms with Crippen molar-refractivity contribution in [2.75, 3.05) is 0 Å². The van der Waals surface area contributed by atoms with Gasteiger partial charge in [-0.15, -0.1) is 0 Å². The van der Waals surface area contributed by atoms with Crippen LogP contribution in [0.1, 0.15) is 38.3 Å². The summed E-state index contributed by atoms with van der Waals surface area (Å²) >= 11 is 0. The molecule has 0 aliphatic rings. The molecule has 0 spiro atoms. The second kappa shape index (κ2) is 4.51. The molecule has 4 heteroatoms. The number of hydrogen-bond donors (Lipinski definition) is 0. The predicted octanol–water partition coefficient (Wildman–Crippen LogP) is 3.96. The molecule has 0 amide bonds. The van der Waals surface area contributed by atoms with Crippen LogP contribution < -0.4 is 0 Å². The number of carbonyl (C=O) groups is 1. The molecule has 0 N–H and O–H groups in total. The third-order valence-electron chi connectivity index (χ3n) is 2.66. The van der Waals surface area contributed by atoms with Crippen LogP contribution in [-0.2, 0) is 16.4 Å². The summed E-state index contributed by atoms with van der Waals surface area (Å²) in [4.78, 5) is 11.1. The lowest BCUT2D eigenvalue weighted by atomic mass is 9.80. The molecular weight excluding hydrogens is 229 g/mol. The molecule has 0 radical (unpaired) electrons. The number of carbonyl (C=O) groups excluding carboxylic acids is 1. The van der Waals surface area contributed by atoms with Crippen molar-refractivity contribution < 1.29 is 18.0 Å². The zero-order chi connectivity index (χ0) is 13.3. The lowest BCUT2D eigenvalue weighted by Gasteiger charge is -2.24. The Morgan fingerprint density at radius 1 is 1.18 bits per heavy atom. The topological polar surface area (TPSA) is 17.1 Å². The fraction of sp³-hybridized carbons (Fsp3) is 0.462. The molecule has 0 unspecified atom stereocenters. The van der Waals surface area contributed by atoms with E-state index >= 15 is 0 Å². The molecule has 1 rings (SSSR count). The average Bonchev–Trinajstić information content (AvgIpc) is 2.14. The molecule has 0 aromatic heterocycles. The minimum absolute atomic E-state index is 0.0348. The lowest BCUT2D eigenvalue weighted by molar-refractivity contribution is -0.137. The molecular formula is C13H15F3O. The number of rotatable bonds is 3. The van der Waals surface area contributed by atoms with Crippen LogP contribution in [0.25, 0.3) is 0 Å². The zero-order valence-corrected chi connectivity index (χ0v) is 10.1. The molecule has 0 saturated heterocycles. The van der Waals surface area contributed by atoms with Gasteiger partial charge in [-0.05, 0) is 24.0 Å². The van der Waals surface area contributed by atoms with Gasteiger partial charge in [-0.2, -0.15) is 13.2 Å². The minimum atomic E-state index is -4.34. The molecule has 0 aliphatic heterocycles. The van der Waals surface area contributed by atoms with Gasteiger partial charge < -0.3 is 0 Å². The number of ketones is 1. The predicted molar refractivity (Wildman–Crippen MR) is 59.8 cm³/mol. The van der Waals surface area contributed by atoms with Gasteiger partial charge in [0.05, 0.1) is 5.56 Å². The Kier molecular flexibility index (Phi) is 3.65. The highest BCUT2D eigenvalue weighted by Crippen LogP contribution is 2.34. The van der Waals surface area contributed by atoms with Crippen LogP contribution in [0.3, 0.4) is 0 Å². The van der Waals surface area contributed by atoms with E-state index in [4.69, 9.17) is 0 Å². The van der Waals surface area contributed by atoms with Crippen molar-refractivity contribution in [1.29, 1.82) is 0 Å². The van der Waals surface area contributed by atoms with Gasteiger partial charge in [0.25, 0.3) is 0 Å². The van der Waals surface area contributed by atoms with Gasteiger partial charge in [0.15, 0.2) is 0 Å². The number of alkyl halides is 3. The van der Waals surface area contributed by atoms with Crippen molar-refractivity contribution in [3.05, 3.63) is 35.4 Å². The van der Waals surface area contributed by atoms with E-state index in [9.17, 15) is 18.0 Å². The SMILES string of the molecule is CC(=O)CC(C)(C)c1cccc(C(F)(F)F)c1. The molecule has 1 aromatic carbocycles. The molecule has 94 valence electrons. The van der Waals surface area contributed by atoms with E-state index in [1.54, 1.807) is 19.9 Å². The Labute approximate surface area is 98.6 Å². The largest absolute Gasteiger partial charge is 0.416 e. The highest BCUT2D eigenvalue weighted by atomic mass is 19.4. The van der Waals surface area contributed by atoms with E-state index in [2.05, 4.69) is 0 Å². The van der Waals surface area contributed by atoms with E-state index in [0.29, 0.717) is 5.56 Å². The summed E-state index contributed by atoms with van der Waals surface area (Å²) in [5.41, 5.74) is -0.721. The number of benzene rings is 1. The fourth-order valence-electron chi connectivity index (χ4n) is 1.84. The molecule has 0 aliphatic carbocycles. The fourth-order valence-corrected chi connectivity index (χ4v) is 1.84. The van der Waals surface area contributed by atoms with Crippen LogP contribution >= 0.6 is 0 Å². The van der Waals surface area contributed by atoms with E-state index < -0.39 is 17.2 Å². The Morgan fingerprint density at radius 2 is 1.71 bits per heavy atom. The van der Waals surface area contributed by atoms with E-state index in [1.165, 1.54) is 13.0 Å². The van der Waals surface area contributed by atoms with Crippen molar-refractivity contribution in [2.45, 2.75) is 38.8 Å². The molecule has 1 aromatic rings. The van der Waals surface area contributed by atoms with Gasteiger partial charge in [-0.25, -0.2) is 0 Å². The van der Waals surface area contributed by atoms with Crippen molar-refractivity contribution in [3.63, 3.8) is 0 Å². The highest BCUT2D eigenvalue weighted by Gasteiger charge is 2.32. The zero-order valence-electron chi connectivity index (χ0n) is 10.1. The lowest BCUT2D eigenvalue weighted by Crippen LogP contribution is -2.21. The monoisotopic (exact) mass is 244 g/mol. The molecule has 0 fully saturated rings. The van der Waals surface area contributed by atoms with Crippen molar-refractivity contribution in [2.24, 2.45) is 0 Å². The summed E-state index contributed by atoms with van der Waals surface area (Å²) in [7, 11) is 0. The number of Topliss-reactive ketones (excluding diaryl/α,β-unsaturated/α-hetero) is 1. The smallest absolute Gasteiger partial charge is 0.300 e. The first-order chi connectivity index (χ1) is 7.63. The maximum atomic E-state index is 12.6. The quantitative estimate of drug-likeness (QED) is 0.786. The van der Waals surface area contributed by atoms with E-state index in [1.807, 2.05) is 0 Å². The first-order valence-electron chi connectivity index (χ1n) is 5.30. The summed E-state index contributed by atoms with van der Waals surface area (Å²) in [6, 6.07) is 5.15. The average molecular weight is 244 g/mol. The maximum Gasteiger partial charge on any atom is 0.416 e. The molecule has 0 heterocycles. The maximum absolute atomic E-state index is 12.6. The van der Waals surface area contributed by atoms with Crippen LogP contribution in [0.4, 0.5) is 13.2 Å². The summed E-state index contributed by atoms with van der Waals surface area (Å²) in [5.74, 6) is -0.0348. The molecule has 17 heavy (non-hydrogen) atoms. The van der Waals surface area contributed by atoms with Gasteiger partial charge in [0.2, 0.25) is 0 Å². The van der Waals surface area contributed by atoms with Crippen LogP contribution in [0, 0.1) is 0 Å². The normalized spacial score (nSPS) is 12.6. The third-order valence-corrected chi connectivity index (χ3v) is 2.66. The van der Waals surface area contributed by atoms with Crippen LogP contribution in [0.2, 0.25) is 0 Å². The van der Waals surface area contributed by atoms with E-state index in [0.717, 1.165) is 12.1 Å². The van der Waals surface area contributed by atoms with E-state index in [-0.39, 0.29) is 12.2 Å². The molecule has 0 atom stereocenters. The van der Waals surface area contributed by atoms with Gasteiger partial charge in [0.1, 0.15) is 5.78 Å². The van der Waals surface area contributed by atoms with Crippen molar-refractivity contribution >= 4 is 5.78 Å². The summed E-state index contributed by atoms with van der Waals surface area (Å²) in [6.07, 6.45) is -4.11. The van der Waals surface area contributed by atoms with Crippen molar-refractivity contribution in [3.8, 4) is 0 Å². The Morgan fingerprint density at radius 3 is 2.18 bits per heavy atom. The highest BCUT2D eigenvalue weighted by molar-refractivity contribution is 5.77. The van der Waals surface area contributed by atoms with Crippen LogP contribution in [0.5, 0.6) is 0 Å². The van der Waals surface area contributed by atoms with Crippen LogP contribution in [0.15, 0.2) is 24.3 Å². The molecule has 0 saturated carbocycles. The minimum Gasteiger partial charge on any atom is -0.300 e. The first kappa shape index (κ1) is 13.7. The Hall–Kier alpha value is -1.32. The summed E-state index contributed by atoms with van der Waals surface area (Å²) < 4.78 is 37.7. The first-order valence-corrected chi connectivity index (χ1v) is 5.30. The summed E-state index contributed by atoms with van der Waals surface area (Å²) in [6.45, 7) is 4.98. The van der Waals surface area contributed by atoms with Gasteiger partial charge in [-0.1, -0.05) is 32.0 Å². The van der Waals surface area contributed by atoms with Crippen molar-refractivity contribution in [1.82, 2.24) is 0 Å². The third kappa shape index (κ3) is 3.58. The van der Waals surface area contributed by atoms with Gasteiger partial charge in [0, 0.05) is 6.42 Å². The van der Waals surface area contributed by atoms with Gasteiger partial charge in [-0.3, -0.25) is 4.79 Å². The number of hydrogen-bond acceptors (Lipinski definition) is 1.